The number of carbonyl (C=O) groups is 1. The molecule has 0 aliphatic rings. The summed E-state index contributed by atoms with van der Waals surface area (Å²) in [6.07, 6.45) is 5.11. The van der Waals surface area contributed by atoms with Crippen molar-refractivity contribution in [2.24, 2.45) is 0 Å². The molecule has 1 amide bonds. The zero-order valence-corrected chi connectivity index (χ0v) is 7.97. The summed E-state index contributed by atoms with van der Waals surface area (Å²) in [5.74, 6) is -0.236. The topological polar surface area (TPSA) is 70.7 Å². The lowest BCUT2D eigenvalue weighted by Gasteiger charge is -2.12. The van der Waals surface area contributed by atoms with Crippen LogP contribution in [0.25, 0.3) is 0 Å². The van der Waals surface area contributed by atoms with Gasteiger partial charge in [-0.2, -0.15) is 5.26 Å². The Labute approximate surface area is 82.4 Å². The lowest BCUT2D eigenvalue weighted by molar-refractivity contribution is -0.120. The standard InChI is InChI=1S/C9H12N4O/c1-8(12-9(14)2-3-10)6-13-5-4-11-7-13/h4-5,7-8H,2,6H2,1H3,(H,12,14). The summed E-state index contributed by atoms with van der Waals surface area (Å²) in [7, 11) is 0. The minimum absolute atomic E-state index is 0.00468. The van der Waals surface area contributed by atoms with Crippen LogP contribution in [-0.4, -0.2) is 21.5 Å². The van der Waals surface area contributed by atoms with E-state index in [4.69, 9.17) is 5.26 Å². The van der Waals surface area contributed by atoms with Gasteiger partial charge in [0.1, 0.15) is 6.42 Å². The molecule has 14 heavy (non-hydrogen) atoms. The molecule has 1 heterocycles. The average Bonchev–Trinajstić information content (AvgIpc) is 2.56. The van der Waals surface area contributed by atoms with Gasteiger partial charge < -0.3 is 9.88 Å². The molecule has 1 rings (SSSR count). The highest BCUT2D eigenvalue weighted by Crippen LogP contribution is 1.92. The first-order valence-corrected chi connectivity index (χ1v) is 4.34. The minimum Gasteiger partial charge on any atom is -0.351 e. The fourth-order valence-electron chi connectivity index (χ4n) is 1.15. The monoisotopic (exact) mass is 192 g/mol. The molecule has 0 aromatic carbocycles. The van der Waals surface area contributed by atoms with Gasteiger partial charge in [0.25, 0.3) is 0 Å². The van der Waals surface area contributed by atoms with Gasteiger partial charge in [0.05, 0.1) is 12.4 Å². The van der Waals surface area contributed by atoms with Crippen LogP contribution in [-0.2, 0) is 11.3 Å². The predicted molar refractivity (Wildman–Crippen MR) is 50.1 cm³/mol. The summed E-state index contributed by atoms with van der Waals surface area (Å²) >= 11 is 0. The summed E-state index contributed by atoms with van der Waals surface area (Å²) in [6, 6.07) is 1.81. The maximum Gasteiger partial charge on any atom is 0.234 e. The van der Waals surface area contributed by atoms with Gasteiger partial charge in [-0.15, -0.1) is 0 Å². The van der Waals surface area contributed by atoms with Crippen molar-refractivity contribution in [1.29, 1.82) is 5.26 Å². The van der Waals surface area contributed by atoms with Crippen LogP contribution in [0.15, 0.2) is 18.7 Å². The molecule has 0 fully saturated rings. The summed E-state index contributed by atoms with van der Waals surface area (Å²) in [6.45, 7) is 2.55. The van der Waals surface area contributed by atoms with E-state index < -0.39 is 0 Å². The summed E-state index contributed by atoms with van der Waals surface area (Å²) in [4.78, 5) is 14.9. The molecule has 0 aliphatic heterocycles. The molecule has 74 valence electrons. The zero-order chi connectivity index (χ0) is 10.4. The number of aromatic nitrogens is 2. The van der Waals surface area contributed by atoms with Gasteiger partial charge in [-0.05, 0) is 6.92 Å². The SMILES string of the molecule is CC(Cn1ccnc1)NC(=O)CC#N. The van der Waals surface area contributed by atoms with Crippen LogP contribution in [0.4, 0.5) is 0 Å². The zero-order valence-electron chi connectivity index (χ0n) is 7.97. The number of hydrogen-bond acceptors (Lipinski definition) is 3. The third kappa shape index (κ3) is 3.27. The van der Waals surface area contributed by atoms with Gasteiger partial charge >= 0.3 is 0 Å². The fourth-order valence-corrected chi connectivity index (χ4v) is 1.15. The van der Waals surface area contributed by atoms with Crippen LogP contribution >= 0.6 is 0 Å². The second-order valence-electron chi connectivity index (χ2n) is 3.06. The largest absolute Gasteiger partial charge is 0.351 e. The second-order valence-corrected chi connectivity index (χ2v) is 3.06. The molecule has 0 spiro atoms. The number of carbonyl (C=O) groups excluding carboxylic acids is 1. The Morgan fingerprint density at radius 1 is 1.79 bits per heavy atom. The number of amides is 1. The summed E-state index contributed by atoms with van der Waals surface area (Å²) in [5, 5.41) is 11.0. The van der Waals surface area contributed by atoms with E-state index >= 15 is 0 Å². The van der Waals surface area contributed by atoms with Crippen molar-refractivity contribution < 1.29 is 4.79 Å². The van der Waals surface area contributed by atoms with Crippen LogP contribution in [0, 0.1) is 11.3 Å². The molecule has 0 aliphatic carbocycles. The van der Waals surface area contributed by atoms with E-state index in [0.717, 1.165) is 0 Å². The molecule has 0 bridgehead atoms. The van der Waals surface area contributed by atoms with Crippen LogP contribution in [0.2, 0.25) is 0 Å². The number of hydrogen-bond donors (Lipinski definition) is 1. The number of imidazole rings is 1. The molecule has 0 saturated heterocycles. The Hall–Kier alpha value is -1.83. The highest BCUT2D eigenvalue weighted by atomic mass is 16.1. The van der Waals surface area contributed by atoms with Gasteiger partial charge in [0, 0.05) is 25.0 Å². The first-order valence-electron chi connectivity index (χ1n) is 4.34. The number of rotatable bonds is 4. The van der Waals surface area contributed by atoms with Crippen molar-refractivity contribution in [3.8, 4) is 6.07 Å². The molecule has 1 atom stereocenters. The molecule has 1 unspecified atom stereocenters. The Kier molecular flexibility index (Phi) is 3.68. The van der Waals surface area contributed by atoms with Crippen molar-refractivity contribution in [2.75, 3.05) is 0 Å². The van der Waals surface area contributed by atoms with Crippen molar-refractivity contribution in [2.45, 2.75) is 25.9 Å². The molecular formula is C9H12N4O. The molecule has 0 saturated carbocycles. The first-order chi connectivity index (χ1) is 6.72. The third-order valence-electron chi connectivity index (χ3n) is 1.69. The van der Waals surface area contributed by atoms with Gasteiger partial charge in [0.15, 0.2) is 0 Å². The first kappa shape index (κ1) is 10.3. The molecule has 0 radical (unpaired) electrons. The molecule has 1 aromatic rings. The van der Waals surface area contributed by atoms with E-state index in [1.165, 1.54) is 0 Å². The van der Waals surface area contributed by atoms with E-state index in [1.54, 1.807) is 18.6 Å². The average molecular weight is 192 g/mol. The normalized spacial score (nSPS) is 11.7. The highest BCUT2D eigenvalue weighted by Gasteiger charge is 2.06. The number of nitriles is 1. The van der Waals surface area contributed by atoms with Gasteiger partial charge in [-0.25, -0.2) is 4.98 Å². The van der Waals surface area contributed by atoms with Crippen LogP contribution in [0.3, 0.4) is 0 Å². The molecule has 1 aromatic heterocycles. The fraction of sp³-hybridized carbons (Fsp3) is 0.444. The molecule has 1 N–H and O–H groups in total. The Morgan fingerprint density at radius 3 is 3.14 bits per heavy atom. The maximum absolute atomic E-state index is 11.0. The maximum atomic E-state index is 11.0. The second kappa shape index (κ2) is 5.02. The molecule has 5 heteroatoms. The van der Waals surface area contributed by atoms with Crippen molar-refractivity contribution in [3.05, 3.63) is 18.7 Å². The van der Waals surface area contributed by atoms with E-state index in [2.05, 4.69) is 10.3 Å². The highest BCUT2D eigenvalue weighted by molar-refractivity contribution is 5.78. The quantitative estimate of drug-likeness (QED) is 0.745. The van der Waals surface area contributed by atoms with Crippen LogP contribution < -0.4 is 5.32 Å². The Morgan fingerprint density at radius 2 is 2.57 bits per heavy atom. The molecule has 5 nitrogen and oxygen atoms in total. The van der Waals surface area contributed by atoms with Gasteiger partial charge in [-0.1, -0.05) is 0 Å². The number of nitrogens with one attached hydrogen (secondary N) is 1. The minimum atomic E-state index is -0.236. The van der Waals surface area contributed by atoms with E-state index in [-0.39, 0.29) is 18.4 Å². The van der Waals surface area contributed by atoms with E-state index in [0.29, 0.717) is 6.54 Å². The van der Waals surface area contributed by atoms with Gasteiger partial charge in [0.2, 0.25) is 5.91 Å². The lowest BCUT2D eigenvalue weighted by Crippen LogP contribution is -2.35. The number of nitrogens with zero attached hydrogens (tertiary/aromatic N) is 3. The Bertz CT molecular complexity index is 325. The predicted octanol–water partition coefficient (Wildman–Crippen LogP) is 0.301. The summed E-state index contributed by atoms with van der Waals surface area (Å²) < 4.78 is 1.87. The lowest BCUT2D eigenvalue weighted by atomic mass is 10.3. The molecular weight excluding hydrogens is 180 g/mol. The summed E-state index contributed by atoms with van der Waals surface area (Å²) in [5.41, 5.74) is 0. The third-order valence-corrected chi connectivity index (χ3v) is 1.69. The van der Waals surface area contributed by atoms with Crippen LogP contribution in [0.1, 0.15) is 13.3 Å². The van der Waals surface area contributed by atoms with Crippen LogP contribution in [0.5, 0.6) is 0 Å². The van der Waals surface area contributed by atoms with E-state index in [1.807, 2.05) is 17.7 Å². The smallest absolute Gasteiger partial charge is 0.234 e. The van der Waals surface area contributed by atoms with Crippen molar-refractivity contribution in [3.63, 3.8) is 0 Å². The van der Waals surface area contributed by atoms with Gasteiger partial charge in [-0.3, -0.25) is 4.79 Å². The van der Waals surface area contributed by atoms with Crippen molar-refractivity contribution in [1.82, 2.24) is 14.9 Å². The van der Waals surface area contributed by atoms with E-state index in [9.17, 15) is 4.79 Å². The van der Waals surface area contributed by atoms with Crippen molar-refractivity contribution >= 4 is 5.91 Å². The Balaban J connectivity index is 2.33.